The summed E-state index contributed by atoms with van der Waals surface area (Å²) in [5.74, 6) is 1.03. The van der Waals surface area contributed by atoms with Gasteiger partial charge in [-0.1, -0.05) is 55.0 Å². The third kappa shape index (κ3) is 3.99. The lowest BCUT2D eigenvalue weighted by Crippen LogP contribution is -2.52. The number of fused-ring (bicyclic) bond motifs is 3. The molecule has 0 saturated heterocycles. The maximum atomic E-state index is 12.8. The van der Waals surface area contributed by atoms with Crippen molar-refractivity contribution in [1.29, 1.82) is 0 Å². The quantitative estimate of drug-likeness (QED) is 0.481. The van der Waals surface area contributed by atoms with Gasteiger partial charge in [0.25, 0.3) is 0 Å². The summed E-state index contributed by atoms with van der Waals surface area (Å²) in [6.45, 7) is 5.49. The van der Waals surface area contributed by atoms with E-state index in [0.717, 1.165) is 43.5 Å². The number of hydrogen-bond acceptors (Lipinski definition) is 5. The van der Waals surface area contributed by atoms with Crippen LogP contribution in [0.4, 0.5) is 0 Å². The first-order valence-corrected chi connectivity index (χ1v) is 12.2. The molecule has 0 radical (unpaired) electrons. The standard InChI is InChI=1S/C28H33N3O3/c1-27-14-7-15-28(2,26(32)33-3)25(27)13-11-21-10-12-23(16-24(21)27)34-19-22-18-31(30-29-22)17-20-8-5-4-6-9-20/h4-6,8-10,12,16,18,25H,7,11,13-15,17,19H2,1-3H3/t25-,27-,28+/m1/s1. The highest BCUT2D eigenvalue weighted by atomic mass is 16.5. The van der Waals surface area contributed by atoms with Gasteiger partial charge in [0.05, 0.1) is 25.3 Å². The van der Waals surface area contributed by atoms with Crippen LogP contribution in [0, 0.1) is 11.3 Å². The molecule has 6 heteroatoms. The van der Waals surface area contributed by atoms with Gasteiger partial charge in [0.2, 0.25) is 0 Å². The van der Waals surface area contributed by atoms with Crippen molar-refractivity contribution in [1.82, 2.24) is 15.0 Å². The van der Waals surface area contributed by atoms with E-state index in [1.807, 2.05) is 29.1 Å². The predicted octanol–water partition coefficient (Wildman–Crippen LogP) is 5.09. The van der Waals surface area contributed by atoms with E-state index in [1.165, 1.54) is 23.8 Å². The van der Waals surface area contributed by atoms with E-state index in [1.54, 1.807) is 0 Å². The fourth-order valence-electron chi connectivity index (χ4n) is 6.42. The number of methoxy groups -OCH3 is 1. The van der Waals surface area contributed by atoms with E-state index in [-0.39, 0.29) is 17.3 Å². The van der Waals surface area contributed by atoms with Crippen molar-refractivity contribution in [3.05, 3.63) is 77.1 Å². The maximum absolute atomic E-state index is 12.8. The highest BCUT2D eigenvalue weighted by Gasteiger charge is 2.55. The van der Waals surface area contributed by atoms with Crippen LogP contribution in [-0.4, -0.2) is 28.1 Å². The predicted molar refractivity (Wildman–Crippen MR) is 129 cm³/mol. The van der Waals surface area contributed by atoms with E-state index >= 15 is 0 Å². The number of carbonyl (C=O) groups excluding carboxylic acids is 1. The molecular weight excluding hydrogens is 426 g/mol. The Balaban J connectivity index is 1.33. The number of hydrogen-bond donors (Lipinski definition) is 0. The van der Waals surface area contributed by atoms with Crippen molar-refractivity contribution in [2.45, 2.75) is 64.5 Å². The molecule has 0 N–H and O–H groups in total. The second-order valence-corrected chi connectivity index (χ2v) is 10.3. The van der Waals surface area contributed by atoms with Crippen LogP contribution in [0.3, 0.4) is 0 Å². The molecule has 2 aromatic carbocycles. The Kier molecular flexibility index (Phi) is 5.92. The van der Waals surface area contributed by atoms with Crippen LogP contribution in [0.1, 0.15) is 61.9 Å². The topological polar surface area (TPSA) is 66.2 Å². The van der Waals surface area contributed by atoms with Crippen molar-refractivity contribution >= 4 is 5.97 Å². The van der Waals surface area contributed by atoms with E-state index in [2.05, 4.69) is 54.5 Å². The SMILES string of the molecule is COC(=O)[C@@]1(C)CCC[C@]2(C)c3cc(OCc4cn(Cc5ccccc5)nn4)ccc3CC[C@@H]12. The lowest BCUT2D eigenvalue weighted by atomic mass is 9.50. The van der Waals surface area contributed by atoms with Gasteiger partial charge in [0.15, 0.2) is 0 Å². The summed E-state index contributed by atoms with van der Waals surface area (Å²) in [6, 6.07) is 16.7. The molecule has 1 aromatic heterocycles. The number of aryl methyl sites for hydroxylation is 1. The third-order valence-electron chi connectivity index (χ3n) is 8.14. The molecule has 5 rings (SSSR count). The zero-order valence-corrected chi connectivity index (χ0v) is 20.3. The summed E-state index contributed by atoms with van der Waals surface area (Å²) in [7, 11) is 1.51. The maximum Gasteiger partial charge on any atom is 0.311 e. The second-order valence-electron chi connectivity index (χ2n) is 10.3. The monoisotopic (exact) mass is 459 g/mol. The first-order valence-electron chi connectivity index (χ1n) is 12.2. The van der Waals surface area contributed by atoms with E-state index < -0.39 is 5.41 Å². The number of benzene rings is 2. The molecule has 3 atom stereocenters. The van der Waals surface area contributed by atoms with Gasteiger partial charge in [-0.3, -0.25) is 4.79 Å². The summed E-state index contributed by atoms with van der Waals surface area (Å²) < 4.78 is 13.2. The van der Waals surface area contributed by atoms with Crippen molar-refractivity contribution in [2.75, 3.05) is 7.11 Å². The minimum absolute atomic E-state index is 0.0625. The van der Waals surface area contributed by atoms with Gasteiger partial charge in [-0.05, 0) is 72.8 Å². The fraction of sp³-hybridized carbons (Fsp3) is 0.464. The summed E-state index contributed by atoms with van der Waals surface area (Å²) in [5.41, 5.74) is 4.18. The molecule has 0 spiro atoms. The van der Waals surface area contributed by atoms with E-state index in [4.69, 9.17) is 9.47 Å². The van der Waals surface area contributed by atoms with Crippen LogP contribution < -0.4 is 4.74 Å². The van der Waals surface area contributed by atoms with E-state index in [9.17, 15) is 4.79 Å². The van der Waals surface area contributed by atoms with Crippen molar-refractivity contribution in [3.63, 3.8) is 0 Å². The molecule has 34 heavy (non-hydrogen) atoms. The van der Waals surface area contributed by atoms with Gasteiger partial charge >= 0.3 is 5.97 Å². The molecule has 0 aliphatic heterocycles. The zero-order chi connectivity index (χ0) is 23.8. The van der Waals surface area contributed by atoms with Crippen molar-refractivity contribution < 1.29 is 14.3 Å². The first kappa shape index (κ1) is 22.6. The zero-order valence-electron chi connectivity index (χ0n) is 20.3. The Hall–Kier alpha value is -3.15. The average molecular weight is 460 g/mol. The molecule has 0 unspecified atom stereocenters. The van der Waals surface area contributed by atoms with Crippen LogP contribution in [-0.2, 0) is 34.5 Å². The third-order valence-corrected chi connectivity index (χ3v) is 8.14. The summed E-state index contributed by atoms with van der Waals surface area (Å²) in [5, 5.41) is 8.52. The van der Waals surface area contributed by atoms with Crippen LogP contribution in [0.2, 0.25) is 0 Å². The first-order chi connectivity index (χ1) is 16.4. The van der Waals surface area contributed by atoms with Gasteiger partial charge in [0, 0.05) is 0 Å². The van der Waals surface area contributed by atoms with Gasteiger partial charge < -0.3 is 9.47 Å². The number of aromatic nitrogens is 3. The van der Waals surface area contributed by atoms with Gasteiger partial charge in [-0.25, -0.2) is 4.68 Å². The Bertz CT molecular complexity index is 1170. The lowest BCUT2D eigenvalue weighted by Gasteiger charge is -2.54. The van der Waals surface area contributed by atoms with E-state index in [0.29, 0.717) is 13.2 Å². The largest absolute Gasteiger partial charge is 0.487 e. The number of rotatable bonds is 6. The van der Waals surface area contributed by atoms with Crippen molar-refractivity contribution in [3.8, 4) is 5.75 Å². The molecule has 1 heterocycles. The molecule has 0 bridgehead atoms. The highest BCUT2D eigenvalue weighted by molar-refractivity contribution is 5.77. The molecule has 3 aromatic rings. The Morgan fingerprint density at radius 2 is 1.97 bits per heavy atom. The summed E-state index contributed by atoms with van der Waals surface area (Å²) >= 11 is 0. The van der Waals surface area contributed by atoms with Crippen LogP contribution >= 0.6 is 0 Å². The highest BCUT2D eigenvalue weighted by Crippen LogP contribution is 2.58. The van der Waals surface area contributed by atoms with Crippen LogP contribution in [0.5, 0.6) is 5.75 Å². The molecule has 1 saturated carbocycles. The number of esters is 1. The smallest absolute Gasteiger partial charge is 0.311 e. The normalized spacial score (nSPS) is 25.8. The molecule has 2 aliphatic carbocycles. The van der Waals surface area contributed by atoms with Crippen LogP contribution in [0.15, 0.2) is 54.7 Å². The fourth-order valence-corrected chi connectivity index (χ4v) is 6.42. The summed E-state index contributed by atoms with van der Waals surface area (Å²) in [6.07, 6.45) is 6.92. The molecule has 2 aliphatic rings. The molecule has 0 amide bonds. The minimum atomic E-state index is -0.437. The van der Waals surface area contributed by atoms with Gasteiger partial charge in [0.1, 0.15) is 18.1 Å². The number of ether oxygens (including phenoxy) is 2. The Labute approximate surface area is 201 Å². The average Bonchev–Trinajstić information content (AvgIpc) is 3.30. The molecule has 178 valence electrons. The number of carbonyl (C=O) groups is 1. The van der Waals surface area contributed by atoms with Crippen LogP contribution in [0.25, 0.3) is 0 Å². The molecule has 6 nitrogen and oxygen atoms in total. The lowest BCUT2D eigenvalue weighted by molar-refractivity contribution is -0.161. The van der Waals surface area contributed by atoms with Crippen molar-refractivity contribution in [2.24, 2.45) is 11.3 Å². The Morgan fingerprint density at radius 3 is 2.76 bits per heavy atom. The number of nitrogens with zero attached hydrogens (tertiary/aromatic N) is 3. The minimum Gasteiger partial charge on any atom is -0.487 e. The molecular formula is C28H33N3O3. The molecule has 1 fully saturated rings. The van der Waals surface area contributed by atoms with Gasteiger partial charge in [-0.15, -0.1) is 5.10 Å². The van der Waals surface area contributed by atoms with Gasteiger partial charge in [-0.2, -0.15) is 0 Å². The Morgan fingerprint density at radius 1 is 1.15 bits per heavy atom. The second kappa shape index (κ2) is 8.90. The summed E-state index contributed by atoms with van der Waals surface area (Å²) in [4.78, 5) is 12.8.